The van der Waals surface area contributed by atoms with Crippen LogP contribution >= 0.6 is 0 Å². The lowest BCUT2D eigenvalue weighted by Crippen LogP contribution is -2.09. The number of phenols is 1. The summed E-state index contributed by atoms with van der Waals surface area (Å²) in [5.41, 5.74) is 4.31. The van der Waals surface area contributed by atoms with E-state index in [1.165, 1.54) is 16.5 Å². The predicted molar refractivity (Wildman–Crippen MR) is 127 cm³/mol. The van der Waals surface area contributed by atoms with Gasteiger partial charge in [0.1, 0.15) is 23.0 Å². The van der Waals surface area contributed by atoms with Crippen molar-refractivity contribution in [3.63, 3.8) is 0 Å². The smallest absolute Gasteiger partial charge is 0.130 e. The molecular weight excluding hydrogens is 402 g/mol. The average Bonchev–Trinajstić information content (AvgIpc) is 3.15. The summed E-state index contributed by atoms with van der Waals surface area (Å²) in [5.74, 6) is 2.05. The molecule has 0 fully saturated rings. The largest absolute Gasteiger partial charge is 0.507 e. The van der Waals surface area contributed by atoms with Crippen molar-refractivity contribution in [2.45, 2.75) is 25.8 Å². The first-order valence-corrected chi connectivity index (χ1v) is 10.7. The van der Waals surface area contributed by atoms with Gasteiger partial charge in [0.15, 0.2) is 0 Å². The van der Waals surface area contributed by atoms with E-state index in [0.29, 0.717) is 11.5 Å². The van der Waals surface area contributed by atoms with Gasteiger partial charge in [-0.05, 0) is 42.7 Å². The number of rotatable bonds is 8. The summed E-state index contributed by atoms with van der Waals surface area (Å²) in [6.07, 6.45) is 2.97. The molecule has 4 aromatic rings. The minimum absolute atomic E-state index is 0.0803. The van der Waals surface area contributed by atoms with Crippen LogP contribution in [0.15, 0.2) is 66.9 Å². The molecule has 4 rings (SSSR count). The fourth-order valence-electron chi connectivity index (χ4n) is 4.42. The average molecular weight is 432 g/mol. The van der Waals surface area contributed by atoms with Crippen LogP contribution in [-0.2, 0) is 6.54 Å². The second-order valence-electron chi connectivity index (χ2n) is 7.90. The topological polar surface area (TPSA) is 52.9 Å². The molecule has 0 radical (unpaired) electrons. The van der Waals surface area contributed by atoms with Crippen LogP contribution < -0.4 is 14.2 Å². The third kappa shape index (κ3) is 4.11. The van der Waals surface area contributed by atoms with Gasteiger partial charge in [0.2, 0.25) is 0 Å². The van der Waals surface area contributed by atoms with Crippen LogP contribution in [0, 0.1) is 6.92 Å². The van der Waals surface area contributed by atoms with Crippen molar-refractivity contribution < 1.29 is 19.3 Å². The molecule has 0 spiro atoms. The first-order chi connectivity index (χ1) is 15.5. The molecule has 1 heterocycles. The zero-order chi connectivity index (χ0) is 22.7. The third-order valence-electron chi connectivity index (χ3n) is 6.06. The Bertz CT molecular complexity index is 1210. The number of phenolic OH excluding ortho intramolecular Hbond substituents is 1. The number of benzene rings is 3. The zero-order valence-electron chi connectivity index (χ0n) is 19.0. The number of para-hydroxylation sites is 1. The standard InChI is InChI=1S/C27H29NO4/c1-18-17-28(24-8-6-5-7-22(18)24)14-13-23(19-9-11-20(30-2)12-10-19)27-25(29)15-21(31-3)16-26(27)32-4/h5-12,15-17,23,29H,13-14H2,1-4H3. The molecule has 1 aromatic heterocycles. The highest BCUT2D eigenvalue weighted by Gasteiger charge is 2.24. The summed E-state index contributed by atoms with van der Waals surface area (Å²) >= 11 is 0. The number of aryl methyl sites for hydroxylation is 2. The van der Waals surface area contributed by atoms with Gasteiger partial charge >= 0.3 is 0 Å². The molecule has 0 saturated carbocycles. The molecule has 166 valence electrons. The third-order valence-corrected chi connectivity index (χ3v) is 6.06. The van der Waals surface area contributed by atoms with Gasteiger partial charge in [-0.25, -0.2) is 0 Å². The van der Waals surface area contributed by atoms with Gasteiger partial charge in [0, 0.05) is 47.3 Å². The fraction of sp³-hybridized carbons (Fsp3) is 0.259. The molecule has 1 atom stereocenters. The minimum Gasteiger partial charge on any atom is -0.507 e. The summed E-state index contributed by atoms with van der Waals surface area (Å²) in [6, 6.07) is 19.9. The van der Waals surface area contributed by atoms with E-state index in [4.69, 9.17) is 14.2 Å². The summed E-state index contributed by atoms with van der Waals surface area (Å²) in [5, 5.41) is 12.2. The van der Waals surface area contributed by atoms with E-state index < -0.39 is 0 Å². The SMILES string of the molecule is COc1ccc(C(CCn2cc(C)c3ccccc32)c2c(O)cc(OC)cc2OC)cc1. The van der Waals surface area contributed by atoms with E-state index in [1.54, 1.807) is 27.4 Å². The van der Waals surface area contributed by atoms with Crippen molar-refractivity contribution in [3.05, 3.63) is 83.6 Å². The summed E-state index contributed by atoms with van der Waals surface area (Å²) in [6.45, 7) is 2.93. The molecule has 5 heteroatoms. The number of fused-ring (bicyclic) bond motifs is 1. The van der Waals surface area contributed by atoms with Crippen molar-refractivity contribution in [2.24, 2.45) is 0 Å². The normalized spacial score (nSPS) is 12.0. The minimum atomic E-state index is -0.0803. The summed E-state index contributed by atoms with van der Waals surface area (Å²) < 4.78 is 18.6. The number of ether oxygens (including phenoxy) is 3. The van der Waals surface area contributed by atoms with E-state index in [9.17, 15) is 5.11 Å². The molecule has 3 aromatic carbocycles. The highest BCUT2D eigenvalue weighted by Crippen LogP contribution is 2.43. The van der Waals surface area contributed by atoms with Crippen LogP contribution in [0.1, 0.15) is 29.0 Å². The Hall–Kier alpha value is -3.60. The van der Waals surface area contributed by atoms with Crippen molar-refractivity contribution in [1.82, 2.24) is 4.57 Å². The fourth-order valence-corrected chi connectivity index (χ4v) is 4.42. The van der Waals surface area contributed by atoms with Crippen LogP contribution in [0.3, 0.4) is 0 Å². The summed E-state index contributed by atoms with van der Waals surface area (Å²) in [4.78, 5) is 0. The van der Waals surface area contributed by atoms with Gasteiger partial charge in [-0.2, -0.15) is 0 Å². The highest BCUT2D eigenvalue weighted by molar-refractivity contribution is 5.83. The lowest BCUT2D eigenvalue weighted by molar-refractivity contribution is 0.375. The Morgan fingerprint density at radius 1 is 0.875 bits per heavy atom. The predicted octanol–water partition coefficient (Wildman–Crippen LogP) is 5.90. The molecule has 1 unspecified atom stereocenters. The highest BCUT2D eigenvalue weighted by atomic mass is 16.5. The molecule has 0 saturated heterocycles. The van der Waals surface area contributed by atoms with Crippen molar-refractivity contribution in [2.75, 3.05) is 21.3 Å². The number of hydrogen-bond acceptors (Lipinski definition) is 4. The molecule has 32 heavy (non-hydrogen) atoms. The summed E-state index contributed by atoms with van der Waals surface area (Å²) in [7, 11) is 4.85. The monoisotopic (exact) mass is 431 g/mol. The first-order valence-electron chi connectivity index (χ1n) is 10.7. The van der Waals surface area contributed by atoms with Gasteiger partial charge in [-0.3, -0.25) is 0 Å². The number of methoxy groups -OCH3 is 3. The van der Waals surface area contributed by atoms with E-state index in [0.717, 1.165) is 29.8 Å². The van der Waals surface area contributed by atoms with E-state index >= 15 is 0 Å². The van der Waals surface area contributed by atoms with Gasteiger partial charge in [0.05, 0.1) is 21.3 Å². The van der Waals surface area contributed by atoms with Crippen LogP contribution in [0.4, 0.5) is 0 Å². The van der Waals surface area contributed by atoms with E-state index in [-0.39, 0.29) is 11.7 Å². The Labute approximate surface area is 188 Å². The van der Waals surface area contributed by atoms with Gasteiger partial charge in [-0.1, -0.05) is 30.3 Å². The Morgan fingerprint density at radius 3 is 2.28 bits per heavy atom. The number of hydrogen-bond donors (Lipinski definition) is 1. The molecule has 0 bridgehead atoms. The Morgan fingerprint density at radius 2 is 1.59 bits per heavy atom. The molecule has 5 nitrogen and oxygen atoms in total. The maximum Gasteiger partial charge on any atom is 0.130 e. The Kier molecular flexibility index (Phi) is 6.26. The van der Waals surface area contributed by atoms with Crippen molar-refractivity contribution >= 4 is 10.9 Å². The molecule has 0 aliphatic rings. The van der Waals surface area contributed by atoms with Crippen LogP contribution in [0.25, 0.3) is 10.9 Å². The number of aromatic hydroxyl groups is 1. The van der Waals surface area contributed by atoms with Crippen LogP contribution in [-0.4, -0.2) is 31.0 Å². The maximum absolute atomic E-state index is 10.9. The van der Waals surface area contributed by atoms with Crippen molar-refractivity contribution in [3.8, 4) is 23.0 Å². The Balaban J connectivity index is 1.76. The molecule has 1 N–H and O–H groups in total. The van der Waals surface area contributed by atoms with Gasteiger partial charge in [0.25, 0.3) is 0 Å². The maximum atomic E-state index is 10.9. The second kappa shape index (κ2) is 9.27. The van der Waals surface area contributed by atoms with E-state index in [2.05, 4.69) is 42.0 Å². The first kappa shape index (κ1) is 21.6. The zero-order valence-corrected chi connectivity index (χ0v) is 19.0. The molecular formula is C27H29NO4. The van der Waals surface area contributed by atoms with Gasteiger partial charge in [-0.15, -0.1) is 0 Å². The van der Waals surface area contributed by atoms with Crippen LogP contribution in [0.5, 0.6) is 23.0 Å². The number of aromatic nitrogens is 1. The van der Waals surface area contributed by atoms with Crippen molar-refractivity contribution in [1.29, 1.82) is 0 Å². The number of nitrogens with zero attached hydrogens (tertiary/aromatic N) is 1. The molecule has 0 amide bonds. The van der Waals surface area contributed by atoms with Gasteiger partial charge < -0.3 is 23.9 Å². The lowest BCUT2D eigenvalue weighted by Gasteiger charge is -2.23. The van der Waals surface area contributed by atoms with E-state index in [1.807, 2.05) is 30.3 Å². The quantitative estimate of drug-likeness (QED) is 0.377. The molecule has 0 aliphatic heterocycles. The van der Waals surface area contributed by atoms with Crippen LogP contribution in [0.2, 0.25) is 0 Å². The second-order valence-corrected chi connectivity index (χ2v) is 7.90. The molecule has 0 aliphatic carbocycles. The lowest BCUT2D eigenvalue weighted by atomic mass is 9.87.